The number of rotatable bonds is 7. The van der Waals surface area contributed by atoms with E-state index in [0.29, 0.717) is 21.6 Å². The van der Waals surface area contributed by atoms with Crippen molar-refractivity contribution < 1.29 is 22.7 Å². The van der Waals surface area contributed by atoms with E-state index in [1.807, 2.05) is 31.2 Å². The predicted molar refractivity (Wildman–Crippen MR) is 131 cm³/mol. The number of aromatic nitrogens is 2. The fraction of sp³-hybridized carbons (Fsp3) is 0.120. The minimum Gasteiger partial charge on any atom is -0.406 e. The number of benzene rings is 3. The lowest BCUT2D eigenvalue weighted by Crippen LogP contribution is -2.17. The standard InChI is InChI=1S/C25H19ClF3N3O2S/c1-16-5-7-17(8-6-16)22-14-30-24(35-15-23(33)31-19-4-2-3-18(26)13-19)32(22)20-9-11-21(12-10-20)34-25(27,28)29/h2-14H,15H2,1H3,(H,31,33). The van der Waals surface area contributed by atoms with Crippen molar-refractivity contribution in [3.63, 3.8) is 0 Å². The molecule has 0 atom stereocenters. The topological polar surface area (TPSA) is 56.2 Å². The molecule has 5 nitrogen and oxygen atoms in total. The van der Waals surface area contributed by atoms with Gasteiger partial charge in [0.15, 0.2) is 5.16 Å². The van der Waals surface area contributed by atoms with Crippen LogP contribution in [0.25, 0.3) is 16.9 Å². The fourth-order valence-corrected chi connectivity index (χ4v) is 4.29. The van der Waals surface area contributed by atoms with Crippen molar-refractivity contribution in [2.45, 2.75) is 18.4 Å². The Balaban J connectivity index is 1.61. The maximum Gasteiger partial charge on any atom is 0.573 e. The number of carbonyl (C=O) groups is 1. The average molecular weight is 518 g/mol. The first kappa shape index (κ1) is 24.7. The lowest BCUT2D eigenvalue weighted by Gasteiger charge is -2.14. The Kier molecular flexibility index (Phi) is 7.37. The highest BCUT2D eigenvalue weighted by Crippen LogP contribution is 2.32. The molecule has 0 spiro atoms. The number of thioether (sulfide) groups is 1. The third-order valence-electron chi connectivity index (χ3n) is 4.85. The third kappa shape index (κ3) is 6.58. The van der Waals surface area contributed by atoms with Crippen LogP contribution in [0.4, 0.5) is 18.9 Å². The SMILES string of the molecule is Cc1ccc(-c2cnc(SCC(=O)Nc3cccc(Cl)c3)n2-c2ccc(OC(F)(F)F)cc2)cc1. The molecular formula is C25H19ClF3N3O2S. The van der Waals surface area contributed by atoms with E-state index < -0.39 is 6.36 Å². The number of carbonyl (C=O) groups excluding carboxylic acids is 1. The van der Waals surface area contributed by atoms with Crippen LogP contribution >= 0.6 is 23.4 Å². The van der Waals surface area contributed by atoms with Gasteiger partial charge in [0, 0.05) is 22.0 Å². The monoisotopic (exact) mass is 517 g/mol. The quantitative estimate of drug-likeness (QED) is 0.265. The molecule has 35 heavy (non-hydrogen) atoms. The first-order valence-electron chi connectivity index (χ1n) is 10.4. The zero-order valence-electron chi connectivity index (χ0n) is 18.3. The zero-order chi connectivity index (χ0) is 25.0. The lowest BCUT2D eigenvalue weighted by atomic mass is 10.1. The number of hydrogen-bond acceptors (Lipinski definition) is 4. The van der Waals surface area contributed by atoms with Crippen LogP contribution in [-0.2, 0) is 4.79 Å². The minimum atomic E-state index is -4.78. The summed E-state index contributed by atoms with van der Waals surface area (Å²) in [7, 11) is 0. The van der Waals surface area contributed by atoms with Gasteiger partial charge < -0.3 is 10.1 Å². The van der Waals surface area contributed by atoms with Crippen molar-refractivity contribution >= 4 is 35.0 Å². The number of halogens is 4. The number of hydrogen-bond donors (Lipinski definition) is 1. The van der Waals surface area contributed by atoms with Crippen LogP contribution in [0, 0.1) is 6.92 Å². The summed E-state index contributed by atoms with van der Waals surface area (Å²) in [6.07, 6.45) is -3.11. The van der Waals surface area contributed by atoms with Gasteiger partial charge in [0.05, 0.1) is 17.6 Å². The van der Waals surface area contributed by atoms with E-state index in [0.717, 1.165) is 16.8 Å². The van der Waals surface area contributed by atoms with Gasteiger partial charge in [0.25, 0.3) is 0 Å². The summed E-state index contributed by atoms with van der Waals surface area (Å²) in [5, 5.41) is 3.79. The van der Waals surface area contributed by atoms with E-state index in [9.17, 15) is 18.0 Å². The highest BCUT2D eigenvalue weighted by Gasteiger charge is 2.31. The van der Waals surface area contributed by atoms with Crippen LogP contribution in [0.5, 0.6) is 5.75 Å². The number of nitrogens with zero attached hydrogens (tertiary/aromatic N) is 2. The Morgan fingerprint density at radius 1 is 1.09 bits per heavy atom. The highest BCUT2D eigenvalue weighted by molar-refractivity contribution is 7.99. The maximum atomic E-state index is 12.6. The minimum absolute atomic E-state index is 0.0616. The summed E-state index contributed by atoms with van der Waals surface area (Å²) >= 11 is 7.17. The molecule has 0 unspecified atom stereocenters. The zero-order valence-corrected chi connectivity index (χ0v) is 19.9. The number of alkyl halides is 3. The van der Waals surface area contributed by atoms with Gasteiger partial charge in [0.2, 0.25) is 5.91 Å². The second kappa shape index (κ2) is 10.5. The molecule has 0 saturated carbocycles. The fourth-order valence-electron chi connectivity index (χ4n) is 3.30. The molecule has 0 radical (unpaired) electrons. The molecule has 180 valence electrons. The van der Waals surface area contributed by atoms with Crippen LogP contribution in [0.2, 0.25) is 5.02 Å². The first-order valence-corrected chi connectivity index (χ1v) is 11.7. The highest BCUT2D eigenvalue weighted by atomic mass is 35.5. The summed E-state index contributed by atoms with van der Waals surface area (Å²) in [5.41, 5.74) is 3.83. The Hall–Kier alpha value is -3.43. The molecule has 0 aliphatic carbocycles. The number of ether oxygens (including phenoxy) is 1. The van der Waals surface area contributed by atoms with Gasteiger partial charge in [-0.3, -0.25) is 9.36 Å². The van der Waals surface area contributed by atoms with Gasteiger partial charge in [-0.1, -0.05) is 59.3 Å². The van der Waals surface area contributed by atoms with Crippen molar-refractivity contribution in [3.05, 3.63) is 89.6 Å². The molecule has 10 heteroatoms. The molecule has 1 aromatic heterocycles. The van der Waals surface area contributed by atoms with Crippen molar-refractivity contribution in [3.8, 4) is 22.7 Å². The molecule has 0 aliphatic rings. The Morgan fingerprint density at radius 2 is 1.80 bits per heavy atom. The predicted octanol–water partition coefficient (Wildman–Crippen LogP) is 7.13. The van der Waals surface area contributed by atoms with Crippen LogP contribution in [0.1, 0.15) is 5.56 Å². The van der Waals surface area contributed by atoms with E-state index in [-0.39, 0.29) is 17.4 Å². The maximum absolute atomic E-state index is 12.6. The molecule has 0 aliphatic heterocycles. The Morgan fingerprint density at radius 3 is 2.46 bits per heavy atom. The van der Waals surface area contributed by atoms with E-state index in [1.165, 1.54) is 36.0 Å². The molecule has 1 N–H and O–H groups in total. The van der Waals surface area contributed by atoms with Gasteiger partial charge in [-0.15, -0.1) is 13.2 Å². The smallest absolute Gasteiger partial charge is 0.406 e. The largest absolute Gasteiger partial charge is 0.573 e. The van der Waals surface area contributed by atoms with Crippen molar-refractivity contribution in [1.82, 2.24) is 9.55 Å². The van der Waals surface area contributed by atoms with Gasteiger partial charge >= 0.3 is 6.36 Å². The Bertz CT molecular complexity index is 1320. The first-order chi connectivity index (χ1) is 16.7. The average Bonchev–Trinajstić information content (AvgIpc) is 3.22. The van der Waals surface area contributed by atoms with E-state index in [1.54, 1.807) is 35.0 Å². The van der Waals surface area contributed by atoms with Gasteiger partial charge in [-0.2, -0.15) is 0 Å². The molecule has 1 amide bonds. The number of nitrogens with one attached hydrogen (secondary N) is 1. The second-order valence-corrected chi connectivity index (χ2v) is 8.90. The summed E-state index contributed by atoms with van der Waals surface area (Å²) in [4.78, 5) is 17.0. The molecular weight excluding hydrogens is 499 g/mol. The van der Waals surface area contributed by atoms with E-state index in [4.69, 9.17) is 11.6 Å². The third-order valence-corrected chi connectivity index (χ3v) is 6.03. The van der Waals surface area contributed by atoms with E-state index >= 15 is 0 Å². The summed E-state index contributed by atoms with van der Waals surface area (Å²) < 4.78 is 43.5. The molecule has 0 saturated heterocycles. The van der Waals surface area contributed by atoms with Gasteiger partial charge in [-0.25, -0.2) is 4.98 Å². The number of amides is 1. The van der Waals surface area contributed by atoms with Crippen LogP contribution in [-0.4, -0.2) is 27.6 Å². The molecule has 4 aromatic rings. The second-order valence-electron chi connectivity index (χ2n) is 7.52. The van der Waals surface area contributed by atoms with E-state index in [2.05, 4.69) is 15.0 Å². The van der Waals surface area contributed by atoms with Gasteiger partial charge in [0.1, 0.15) is 5.75 Å². The van der Waals surface area contributed by atoms with Crippen LogP contribution in [0.15, 0.2) is 84.1 Å². The summed E-state index contributed by atoms with van der Waals surface area (Å²) in [6.45, 7) is 1.97. The molecule has 0 bridgehead atoms. The number of aryl methyl sites for hydroxylation is 1. The molecule has 1 heterocycles. The molecule has 4 rings (SSSR count). The number of imidazole rings is 1. The lowest BCUT2D eigenvalue weighted by molar-refractivity contribution is -0.274. The van der Waals surface area contributed by atoms with Crippen LogP contribution in [0.3, 0.4) is 0 Å². The normalized spacial score (nSPS) is 11.3. The van der Waals surface area contributed by atoms with Gasteiger partial charge in [-0.05, 0) is 49.4 Å². The molecule has 3 aromatic carbocycles. The van der Waals surface area contributed by atoms with Crippen molar-refractivity contribution in [2.24, 2.45) is 0 Å². The van der Waals surface area contributed by atoms with Crippen molar-refractivity contribution in [2.75, 3.05) is 11.1 Å². The summed E-state index contributed by atoms with van der Waals surface area (Å²) in [5.74, 6) is -0.516. The number of anilines is 1. The Labute approximate surface area is 208 Å². The molecule has 0 fully saturated rings. The summed E-state index contributed by atoms with van der Waals surface area (Å²) in [6, 6.07) is 20.1. The van der Waals surface area contributed by atoms with Crippen LogP contribution < -0.4 is 10.1 Å². The van der Waals surface area contributed by atoms with Crippen molar-refractivity contribution in [1.29, 1.82) is 0 Å².